The molecule has 0 spiro atoms. The predicted octanol–water partition coefficient (Wildman–Crippen LogP) is 12.9. The van der Waals surface area contributed by atoms with Crippen molar-refractivity contribution in [2.45, 2.75) is 0 Å². The fourth-order valence-corrected chi connectivity index (χ4v) is 7.60. The van der Waals surface area contributed by atoms with Crippen LogP contribution in [0.2, 0.25) is 0 Å². The van der Waals surface area contributed by atoms with Crippen LogP contribution in [0.5, 0.6) is 0 Å². The summed E-state index contributed by atoms with van der Waals surface area (Å²) in [7, 11) is 0. The number of benzene rings is 7. The van der Waals surface area contributed by atoms with Crippen LogP contribution < -0.4 is 0 Å². The van der Waals surface area contributed by atoms with Gasteiger partial charge in [0.05, 0.1) is 22.6 Å². The van der Waals surface area contributed by atoms with E-state index in [1.165, 1.54) is 0 Å². The summed E-state index contributed by atoms with van der Waals surface area (Å²) in [5.41, 5.74) is 14.6. The van der Waals surface area contributed by atoms with Crippen molar-refractivity contribution in [1.82, 2.24) is 19.6 Å². The molecule has 3 aromatic heterocycles. The van der Waals surface area contributed by atoms with Crippen molar-refractivity contribution in [2.75, 3.05) is 0 Å². The summed E-state index contributed by atoms with van der Waals surface area (Å²) in [4.78, 5) is 10.2. The molecular weight excluding hydrogens is 669 g/mol. The summed E-state index contributed by atoms with van der Waals surface area (Å²) in [6.07, 6.45) is 0. The number of nitrogens with zero attached hydrogens (tertiary/aromatic N) is 4. The van der Waals surface area contributed by atoms with Gasteiger partial charge in [-0.15, -0.1) is 0 Å². The Morgan fingerprint density at radius 3 is 1.40 bits per heavy atom. The van der Waals surface area contributed by atoms with Crippen molar-refractivity contribution in [2.24, 2.45) is 0 Å². The van der Waals surface area contributed by atoms with Gasteiger partial charge in [0.2, 0.25) is 0 Å². The van der Waals surface area contributed by atoms with Gasteiger partial charge < -0.3 is 0 Å². The van der Waals surface area contributed by atoms with E-state index in [4.69, 9.17) is 15.1 Å². The third kappa shape index (κ3) is 5.96. The van der Waals surface area contributed by atoms with E-state index >= 15 is 0 Å². The molecule has 0 N–H and O–H groups in total. The highest BCUT2D eigenvalue weighted by Crippen LogP contribution is 2.43. The first kappa shape index (κ1) is 32.2. The molecule has 0 amide bonds. The molecule has 0 saturated heterocycles. The minimum atomic E-state index is 0.693. The zero-order valence-electron chi connectivity index (χ0n) is 29.9. The second-order valence-electron chi connectivity index (χ2n) is 13.6. The van der Waals surface area contributed by atoms with Gasteiger partial charge in [-0.2, -0.15) is 5.10 Å². The first-order chi connectivity index (χ1) is 27.3. The third-order valence-corrected chi connectivity index (χ3v) is 10.3. The van der Waals surface area contributed by atoms with Crippen LogP contribution in [0.15, 0.2) is 206 Å². The van der Waals surface area contributed by atoms with E-state index in [-0.39, 0.29) is 0 Å². The van der Waals surface area contributed by atoms with Crippen LogP contribution in [0, 0.1) is 0 Å². The number of fused-ring (bicyclic) bond motifs is 3. The highest BCUT2D eigenvalue weighted by Gasteiger charge is 2.22. The molecule has 0 fully saturated rings. The van der Waals surface area contributed by atoms with Crippen molar-refractivity contribution in [3.8, 4) is 78.7 Å². The van der Waals surface area contributed by atoms with E-state index in [1.807, 2.05) is 36.4 Å². The molecule has 0 aliphatic heterocycles. The Balaban J connectivity index is 1.17. The Morgan fingerprint density at radius 2 is 0.836 bits per heavy atom. The van der Waals surface area contributed by atoms with Crippen LogP contribution in [0.25, 0.3) is 95.0 Å². The molecule has 4 nitrogen and oxygen atoms in total. The maximum absolute atomic E-state index is 5.39. The normalized spacial score (nSPS) is 11.3. The first-order valence-corrected chi connectivity index (χ1v) is 18.5. The Hall–Kier alpha value is -7.43. The Bertz CT molecular complexity index is 2870. The van der Waals surface area contributed by atoms with Crippen LogP contribution in [-0.2, 0) is 0 Å². The molecule has 0 atom stereocenters. The maximum Gasteiger partial charge on any atom is 0.160 e. The fourth-order valence-electron chi connectivity index (χ4n) is 7.60. The first-order valence-electron chi connectivity index (χ1n) is 18.5. The van der Waals surface area contributed by atoms with Gasteiger partial charge in [-0.1, -0.05) is 194 Å². The van der Waals surface area contributed by atoms with Gasteiger partial charge in [0, 0.05) is 38.8 Å². The molecular formula is C51H34N4. The molecule has 10 aromatic rings. The standard InChI is InChI=1S/C51H34N4/c1-6-17-36(18-7-1)45-34-46(37-19-8-2-9-20-37)53-51(52-45)41-31-29-35(30-32-41)42-27-16-28-43-44(42)33-47(38-21-10-3-11-22-38)55-50(43)48(39-23-12-4-13-24-39)49(54-55)40-25-14-5-15-26-40/h1-34H. The molecule has 0 saturated carbocycles. The van der Waals surface area contributed by atoms with Crippen molar-refractivity contribution in [3.05, 3.63) is 206 Å². The maximum atomic E-state index is 5.39. The van der Waals surface area contributed by atoms with Gasteiger partial charge in [0.25, 0.3) is 0 Å². The summed E-state index contributed by atoms with van der Waals surface area (Å²) >= 11 is 0. The number of rotatable bonds is 7. The predicted molar refractivity (Wildman–Crippen MR) is 226 cm³/mol. The van der Waals surface area contributed by atoms with Crippen molar-refractivity contribution in [3.63, 3.8) is 0 Å². The van der Waals surface area contributed by atoms with Crippen molar-refractivity contribution < 1.29 is 0 Å². The molecule has 0 aliphatic rings. The molecule has 10 rings (SSSR count). The molecule has 3 heterocycles. The molecule has 7 aromatic carbocycles. The summed E-state index contributed by atoms with van der Waals surface area (Å²) < 4.78 is 2.15. The largest absolute Gasteiger partial charge is 0.231 e. The number of pyridine rings is 1. The minimum absolute atomic E-state index is 0.693. The van der Waals surface area contributed by atoms with Gasteiger partial charge in [-0.3, -0.25) is 0 Å². The zero-order valence-corrected chi connectivity index (χ0v) is 29.9. The molecule has 0 unspecified atom stereocenters. The topological polar surface area (TPSA) is 43.1 Å². The molecule has 55 heavy (non-hydrogen) atoms. The SMILES string of the molecule is c1ccc(-c2cc(-c3ccccc3)nc(-c3ccc(-c4cccc5c4cc(-c4ccccc4)n4nc(-c6ccccc6)c(-c6ccccc6)c54)cc3)n2)cc1. The van der Waals surface area contributed by atoms with Crippen molar-refractivity contribution in [1.29, 1.82) is 0 Å². The molecule has 0 radical (unpaired) electrons. The smallest absolute Gasteiger partial charge is 0.160 e. The van der Waals surface area contributed by atoms with Crippen LogP contribution >= 0.6 is 0 Å². The summed E-state index contributed by atoms with van der Waals surface area (Å²) in [6, 6.07) is 72.0. The second kappa shape index (κ2) is 13.8. The number of hydrogen-bond donors (Lipinski definition) is 0. The summed E-state index contributed by atoms with van der Waals surface area (Å²) in [5, 5.41) is 7.69. The van der Waals surface area contributed by atoms with Gasteiger partial charge in [0.15, 0.2) is 5.82 Å². The Morgan fingerprint density at radius 1 is 0.345 bits per heavy atom. The van der Waals surface area contributed by atoms with E-state index in [1.54, 1.807) is 0 Å². The molecule has 258 valence electrons. The Labute approximate surface area is 319 Å². The molecule has 0 bridgehead atoms. The third-order valence-electron chi connectivity index (χ3n) is 10.3. The zero-order chi connectivity index (χ0) is 36.6. The second-order valence-corrected chi connectivity index (χ2v) is 13.6. The highest BCUT2D eigenvalue weighted by molar-refractivity contribution is 6.12. The van der Waals surface area contributed by atoms with E-state index in [9.17, 15) is 0 Å². The lowest BCUT2D eigenvalue weighted by atomic mass is 9.93. The van der Waals surface area contributed by atoms with Gasteiger partial charge >= 0.3 is 0 Å². The minimum Gasteiger partial charge on any atom is -0.231 e. The molecule has 0 aliphatic carbocycles. The van der Waals surface area contributed by atoms with Crippen LogP contribution in [-0.4, -0.2) is 19.6 Å². The number of hydrogen-bond acceptors (Lipinski definition) is 3. The summed E-state index contributed by atoms with van der Waals surface area (Å²) in [6.45, 7) is 0. The van der Waals surface area contributed by atoms with Crippen molar-refractivity contribution >= 4 is 16.3 Å². The van der Waals surface area contributed by atoms with E-state index in [2.05, 4.69) is 174 Å². The Kier molecular flexibility index (Phi) is 8.12. The van der Waals surface area contributed by atoms with Crippen LogP contribution in [0.3, 0.4) is 0 Å². The molecule has 4 heteroatoms. The fraction of sp³-hybridized carbons (Fsp3) is 0. The number of aromatic nitrogens is 4. The van der Waals surface area contributed by atoms with Gasteiger partial charge in [0.1, 0.15) is 5.69 Å². The van der Waals surface area contributed by atoms with E-state index < -0.39 is 0 Å². The lowest BCUT2D eigenvalue weighted by Crippen LogP contribution is -1.97. The lowest BCUT2D eigenvalue weighted by Gasteiger charge is -2.14. The highest BCUT2D eigenvalue weighted by atomic mass is 15.2. The van der Waals surface area contributed by atoms with Crippen LogP contribution in [0.4, 0.5) is 0 Å². The van der Waals surface area contributed by atoms with Crippen LogP contribution in [0.1, 0.15) is 0 Å². The monoisotopic (exact) mass is 702 g/mol. The lowest BCUT2D eigenvalue weighted by molar-refractivity contribution is 0.979. The average Bonchev–Trinajstić information content (AvgIpc) is 3.69. The van der Waals surface area contributed by atoms with E-state index in [0.717, 1.165) is 89.1 Å². The van der Waals surface area contributed by atoms with E-state index in [0.29, 0.717) is 5.82 Å². The average molecular weight is 703 g/mol. The summed E-state index contributed by atoms with van der Waals surface area (Å²) in [5.74, 6) is 0.693. The van der Waals surface area contributed by atoms with Gasteiger partial charge in [-0.05, 0) is 34.2 Å². The van der Waals surface area contributed by atoms with Gasteiger partial charge in [-0.25, -0.2) is 14.5 Å². The quantitative estimate of drug-likeness (QED) is 0.166.